The molecule has 5 heterocycles. The Balaban J connectivity index is 1.00. The van der Waals surface area contributed by atoms with Crippen LogP contribution in [0.2, 0.25) is 0 Å². The van der Waals surface area contributed by atoms with E-state index in [1.165, 1.54) is 18.3 Å². The summed E-state index contributed by atoms with van der Waals surface area (Å²) in [7, 11) is -15.9. The van der Waals surface area contributed by atoms with Gasteiger partial charge >= 0.3 is 34.1 Å². The molecule has 1 saturated heterocycles. The number of rotatable bonds is 24. The Morgan fingerprint density at radius 2 is 1.74 bits per heavy atom. The number of hydrogen-bond acceptors (Lipinski definition) is 20. The lowest BCUT2D eigenvalue weighted by molar-refractivity contribution is -0.700. The Morgan fingerprint density at radius 3 is 2.44 bits per heavy atom. The number of benzene rings is 1. The maximum atomic E-state index is 13.0. The highest BCUT2D eigenvalue weighted by atomic mass is 32.5. The zero-order valence-electron chi connectivity index (χ0n) is 38.5. The molecule has 398 valence electrons. The number of carbonyl (C=O) groups is 2. The summed E-state index contributed by atoms with van der Waals surface area (Å²) in [6.45, 7) is -0.425. The van der Waals surface area contributed by atoms with Crippen molar-refractivity contribution in [2.45, 2.75) is 75.5 Å². The Labute approximate surface area is 418 Å². The standard InChI is InChI=1S/C39H50N9O20P3S2/c1-3-46(4-2)26-12-9-23-18-24(37(52)65-28(23)19-26)10-11-25-13-14-27(73(60,61)62)20-47(25)17-7-5-6-8-30(49)41-15-16-42-39(53)66-33-32(50)29(21-63-69(54,55)67-70(56,57)68-71(58,59)72)64-36(33)48-22-43-31-34(48)44-38(40)45-35(31)51/h9-14,18-20,22,29,32-33,36,50H,3-8,15-17,21H2,1-2H3,(H9-,40,41,42,44,45,49,51,53,54,55,56,57,58,59,60,61,62,72)/p+1/t29-,32-,33-,36-/m1/s1. The molecule has 5 aromatic rings. The highest BCUT2D eigenvalue weighted by molar-refractivity contribution is 8.08. The lowest BCUT2D eigenvalue weighted by Gasteiger charge is -2.22. The van der Waals surface area contributed by atoms with E-state index in [1.54, 1.807) is 28.9 Å². The van der Waals surface area contributed by atoms with Gasteiger partial charge in [0.2, 0.25) is 17.5 Å². The van der Waals surface area contributed by atoms with Crippen LogP contribution in [0.15, 0.2) is 67.8 Å². The van der Waals surface area contributed by atoms with Crippen LogP contribution in [0, 0.1) is 0 Å². The summed E-state index contributed by atoms with van der Waals surface area (Å²) in [5.74, 6) is -0.746. The quantitative estimate of drug-likeness (QED) is 0.0138. The van der Waals surface area contributed by atoms with E-state index in [0.717, 1.165) is 29.7 Å². The number of fused-ring (bicyclic) bond motifs is 2. The number of aromatic amines is 1. The van der Waals surface area contributed by atoms with Crippen molar-refractivity contribution in [1.82, 2.24) is 30.2 Å². The summed E-state index contributed by atoms with van der Waals surface area (Å²) in [6.07, 6.45) is -1.22. The third-order valence-electron chi connectivity index (χ3n) is 10.8. The second-order valence-electron chi connectivity index (χ2n) is 15.9. The zero-order chi connectivity index (χ0) is 53.5. The molecule has 73 heavy (non-hydrogen) atoms. The van der Waals surface area contributed by atoms with Gasteiger partial charge < -0.3 is 59.8 Å². The number of aromatic nitrogens is 5. The molecule has 0 saturated carbocycles. The van der Waals surface area contributed by atoms with Crippen molar-refractivity contribution in [2.24, 2.45) is 0 Å². The fourth-order valence-electron chi connectivity index (χ4n) is 7.40. The molecule has 0 radical (unpaired) electrons. The van der Waals surface area contributed by atoms with Crippen molar-refractivity contribution in [2.75, 3.05) is 43.4 Å². The summed E-state index contributed by atoms with van der Waals surface area (Å²) < 4.78 is 90.0. The van der Waals surface area contributed by atoms with Gasteiger partial charge in [0.1, 0.15) is 24.3 Å². The molecule has 0 bridgehead atoms. The number of carbonyl (C=O) groups excluding carboxylic acids is 2. The molecular formula is C39H51N9O20P3S2+. The third kappa shape index (κ3) is 15.6. The van der Waals surface area contributed by atoms with Crippen molar-refractivity contribution >= 4 is 102 Å². The van der Waals surface area contributed by atoms with Gasteiger partial charge in [-0.1, -0.05) is 0 Å². The minimum atomic E-state index is -5.70. The van der Waals surface area contributed by atoms with E-state index >= 15 is 0 Å². The van der Waals surface area contributed by atoms with Gasteiger partial charge in [0.15, 0.2) is 34.6 Å². The predicted octanol–water partition coefficient (Wildman–Crippen LogP) is 1.55. The first kappa shape index (κ1) is 57.0. The number of phosphoric acid groups is 2. The van der Waals surface area contributed by atoms with E-state index in [1.807, 2.05) is 26.0 Å². The first-order valence-electron chi connectivity index (χ1n) is 21.8. The average molecular weight is 1120 g/mol. The van der Waals surface area contributed by atoms with Gasteiger partial charge in [-0.25, -0.2) is 28.0 Å². The molecule has 6 atom stereocenters. The van der Waals surface area contributed by atoms with E-state index in [-0.39, 0.29) is 59.5 Å². The number of unbranched alkanes of at least 4 members (excludes halogenated alkanes) is 2. The molecule has 29 nitrogen and oxygen atoms in total. The smallest absolute Gasteiger partial charge is 0.439 e. The molecule has 6 rings (SSSR count). The van der Waals surface area contributed by atoms with Crippen molar-refractivity contribution in [1.29, 1.82) is 0 Å². The maximum absolute atomic E-state index is 13.0. The van der Waals surface area contributed by atoms with Gasteiger partial charge in [-0.2, -0.15) is 22.3 Å². The maximum Gasteiger partial charge on any atom is 0.488 e. The fraction of sp³-hybridized carbons (Fsp3) is 0.410. The molecule has 0 aliphatic carbocycles. The van der Waals surface area contributed by atoms with Gasteiger partial charge in [-0.3, -0.25) is 28.2 Å². The number of aliphatic hydroxyl groups is 1. The van der Waals surface area contributed by atoms with Crippen LogP contribution in [0.5, 0.6) is 0 Å². The lowest BCUT2D eigenvalue weighted by atomic mass is 10.1. The number of nitrogens with one attached hydrogen (secondary N) is 3. The number of alkyl carbamates (subject to hydrolysis) is 1. The summed E-state index contributed by atoms with van der Waals surface area (Å²) >= 11 is 4.05. The number of phosphoric ester groups is 1. The number of nitrogen functional groups attached to an aromatic ring is 1. The van der Waals surface area contributed by atoms with Crippen molar-refractivity contribution < 1.29 is 88.0 Å². The van der Waals surface area contributed by atoms with Gasteiger partial charge in [-0.15, -0.1) is 0 Å². The number of amides is 2. The van der Waals surface area contributed by atoms with Crippen LogP contribution in [0.1, 0.15) is 57.0 Å². The van der Waals surface area contributed by atoms with Crippen molar-refractivity contribution in [3.05, 3.63) is 81.0 Å². The number of nitrogens with zero attached hydrogens (tertiary/aromatic N) is 5. The molecule has 2 unspecified atom stereocenters. The Bertz CT molecular complexity index is 3260. The van der Waals surface area contributed by atoms with Crippen molar-refractivity contribution in [3.8, 4) is 0 Å². The van der Waals surface area contributed by atoms with Crippen LogP contribution >= 0.6 is 22.4 Å². The zero-order valence-corrected chi connectivity index (χ0v) is 42.8. The number of imidazole rings is 1. The van der Waals surface area contributed by atoms with E-state index in [2.05, 4.69) is 55.4 Å². The minimum absolute atomic E-state index is 0.0613. The van der Waals surface area contributed by atoms with Gasteiger partial charge in [0.25, 0.3) is 15.7 Å². The predicted molar refractivity (Wildman–Crippen MR) is 260 cm³/mol. The molecule has 2 amide bonds. The monoisotopic (exact) mass is 1120 g/mol. The van der Waals surface area contributed by atoms with Crippen LogP contribution in [-0.2, 0) is 65.0 Å². The number of H-pyrrole nitrogens is 1. The number of anilines is 2. The molecule has 1 fully saturated rings. The van der Waals surface area contributed by atoms with Gasteiger partial charge in [0, 0.05) is 68.3 Å². The van der Waals surface area contributed by atoms with Crippen LogP contribution in [-0.4, -0.2) is 120 Å². The molecule has 11 N–H and O–H groups in total. The topological polar surface area (TPSA) is 421 Å². The Kier molecular flexibility index (Phi) is 18.7. The van der Waals surface area contributed by atoms with Gasteiger partial charge in [0.05, 0.1) is 18.5 Å². The average Bonchev–Trinajstić information content (AvgIpc) is 3.85. The summed E-state index contributed by atoms with van der Waals surface area (Å²) in [5.41, 5.74) is 5.97. The molecule has 0 spiro atoms. The molecule has 1 aromatic carbocycles. The summed E-state index contributed by atoms with van der Waals surface area (Å²) in [5, 5.41) is 16.9. The van der Waals surface area contributed by atoms with E-state index in [9.17, 15) is 56.2 Å². The number of hydrogen-bond donors (Lipinski definition) is 10. The molecular weight excluding hydrogens is 1070 g/mol. The summed E-state index contributed by atoms with van der Waals surface area (Å²) in [6, 6.07) is 9.99. The van der Waals surface area contributed by atoms with Crippen LogP contribution in [0.3, 0.4) is 0 Å². The highest BCUT2D eigenvalue weighted by Crippen LogP contribution is 2.66. The van der Waals surface area contributed by atoms with Crippen molar-refractivity contribution in [3.63, 3.8) is 0 Å². The van der Waals surface area contributed by atoms with Crippen LogP contribution < -0.4 is 37.0 Å². The first-order valence-corrected chi connectivity index (χ1v) is 28.9. The second kappa shape index (κ2) is 23.9. The highest BCUT2D eigenvalue weighted by Gasteiger charge is 2.49. The Hall–Kier alpha value is -5.33. The van der Waals surface area contributed by atoms with Gasteiger partial charge in [-0.05, 0) is 68.8 Å². The Morgan fingerprint density at radius 1 is 1.01 bits per heavy atom. The van der Waals surface area contributed by atoms with E-state index in [0.29, 0.717) is 35.9 Å². The second-order valence-corrected chi connectivity index (χ2v) is 23.1. The minimum Gasteiger partial charge on any atom is -0.439 e. The summed E-state index contributed by atoms with van der Waals surface area (Å²) in [4.78, 5) is 101. The number of ether oxygens (including phenoxy) is 2. The largest absolute Gasteiger partial charge is 0.488 e. The van der Waals surface area contributed by atoms with Crippen LogP contribution in [0.4, 0.5) is 16.4 Å². The normalized spacial score (nSPS) is 19.0. The first-order chi connectivity index (χ1) is 34.3. The number of nitrogens with two attached hydrogens (primary N) is 1. The SMILES string of the molecule is CCN(CC)c1ccc2cc(/C=C/c3ccc(S(=O)(=O)O)c[n+]3CCCCCC(=O)NCCNC(=O)O[C@@H]3[C@H](O)[C@@H](COP(=O)(O)OP(=O)(O)OP(O)(O)=S)O[C@H]3n3cnc4c(=O)[nH]c(N)nc43)c(=O)oc2c1. The van der Waals surface area contributed by atoms with E-state index < -0.39 is 80.9 Å². The van der Waals surface area contributed by atoms with E-state index in [4.69, 9.17) is 29.4 Å². The number of pyridine rings is 1. The third-order valence-corrected chi connectivity index (χ3v) is 16.0. The lowest BCUT2D eigenvalue weighted by Crippen LogP contribution is -2.41. The number of aliphatic hydroxyl groups excluding tert-OH is 1. The van der Waals surface area contributed by atoms with Crippen LogP contribution in [0.25, 0.3) is 34.3 Å². The number of aryl methyl sites for hydroxylation is 1. The molecule has 34 heteroatoms. The fourth-order valence-corrected chi connectivity index (χ4v) is 11.7. The molecule has 1 aliphatic heterocycles. The molecule has 4 aromatic heterocycles. The molecule has 1 aliphatic rings.